The van der Waals surface area contributed by atoms with Crippen molar-refractivity contribution in [3.05, 3.63) is 24.3 Å². The van der Waals surface area contributed by atoms with Crippen LogP contribution in [0.25, 0.3) is 0 Å². The van der Waals surface area contributed by atoms with E-state index >= 15 is 0 Å². The van der Waals surface area contributed by atoms with E-state index in [1.165, 1.54) is 0 Å². The van der Waals surface area contributed by atoms with Crippen LogP contribution >= 0.6 is 7.21 Å². The van der Waals surface area contributed by atoms with Gasteiger partial charge in [-0.25, -0.2) is 0 Å². The summed E-state index contributed by atoms with van der Waals surface area (Å²) in [6.07, 6.45) is 1.03. The van der Waals surface area contributed by atoms with Crippen molar-refractivity contribution in [3.63, 3.8) is 0 Å². The van der Waals surface area contributed by atoms with Gasteiger partial charge in [0, 0.05) is 0 Å². The molecule has 5 heteroatoms. The molecule has 86 valence electrons. The molecule has 2 heterocycles. The summed E-state index contributed by atoms with van der Waals surface area (Å²) >= 11 is 0. The van der Waals surface area contributed by atoms with Gasteiger partial charge in [0.15, 0.2) is 0 Å². The van der Waals surface area contributed by atoms with Crippen molar-refractivity contribution in [2.75, 3.05) is 17.9 Å². The van der Waals surface area contributed by atoms with Crippen LogP contribution in [-0.4, -0.2) is 18.3 Å². The molecule has 1 spiro atoms. The third-order valence-corrected chi connectivity index (χ3v) is 7.67. The second-order valence-corrected chi connectivity index (χ2v) is 8.17. The van der Waals surface area contributed by atoms with Crippen molar-refractivity contribution in [1.82, 2.24) is 0 Å². The first-order valence-electron chi connectivity index (χ1n) is 5.46. The normalized spacial score (nSPS) is 26.6. The van der Waals surface area contributed by atoms with Crippen molar-refractivity contribution in [1.29, 1.82) is 0 Å². The van der Waals surface area contributed by atoms with Gasteiger partial charge in [0.25, 0.3) is 0 Å². The van der Waals surface area contributed by atoms with Crippen LogP contribution in [0.2, 0.25) is 0 Å². The summed E-state index contributed by atoms with van der Waals surface area (Å²) in [6, 6.07) is 7.61. The Labute approximate surface area is 94.1 Å². The maximum atomic E-state index is 12.2. The Kier molecular flexibility index (Phi) is 1.86. The van der Waals surface area contributed by atoms with Gasteiger partial charge in [-0.15, -0.1) is 0 Å². The molecule has 0 saturated carbocycles. The Hall–Kier alpha value is -1.12. The second-order valence-electron chi connectivity index (χ2n) is 4.12. The number of nitrogens with one attached hydrogen (secondary N) is 1. The molecule has 3 rings (SSSR count). The van der Waals surface area contributed by atoms with E-state index in [1.807, 2.05) is 31.2 Å². The van der Waals surface area contributed by atoms with Gasteiger partial charge in [0.2, 0.25) is 0 Å². The number of fused-ring (bicyclic) bond motifs is 1. The van der Waals surface area contributed by atoms with Crippen LogP contribution in [0.15, 0.2) is 24.3 Å². The summed E-state index contributed by atoms with van der Waals surface area (Å²) in [5.74, 6) is 0.734. The molecule has 0 unspecified atom stereocenters. The SMILES string of the molecule is CCP12(Nc3ccccc3O1)OCCC2=O. The topological polar surface area (TPSA) is 47.6 Å². The first kappa shape index (κ1) is 10.1. The van der Waals surface area contributed by atoms with Gasteiger partial charge >= 0.3 is 93.5 Å². The average Bonchev–Trinajstić information content (AvgIpc) is 2.80. The minimum absolute atomic E-state index is 0.102. The molecule has 1 saturated heterocycles. The molecule has 1 aromatic rings. The molecule has 16 heavy (non-hydrogen) atoms. The fourth-order valence-corrected chi connectivity index (χ4v) is 5.95. The maximum absolute atomic E-state index is 12.2. The molecule has 2 aliphatic heterocycles. The van der Waals surface area contributed by atoms with Crippen LogP contribution in [0, 0.1) is 0 Å². The van der Waals surface area contributed by atoms with Gasteiger partial charge in [-0.3, -0.25) is 0 Å². The molecule has 0 aromatic heterocycles. The number of benzene rings is 1. The Bertz CT molecular complexity index is 449. The van der Waals surface area contributed by atoms with Gasteiger partial charge < -0.3 is 0 Å². The van der Waals surface area contributed by atoms with Crippen LogP contribution in [0.4, 0.5) is 5.69 Å². The molecule has 0 amide bonds. The Morgan fingerprint density at radius 3 is 2.88 bits per heavy atom. The first-order chi connectivity index (χ1) is 7.68. The van der Waals surface area contributed by atoms with Crippen molar-refractivity contribution >= 4 is 18.4 Å². The van der Waals surface area contributed by atoms with Crippen molar-refractivity contribution < 1.29 is 13.8 Å². The number of carbonyl (C=O) groups is 1. The molecule has 0 atom stereocenters. The van der Waals surface area contributed by atoms with Crippen molar-refractivity contribution in [3.8, 4) is 5.75 Å². The van der Waals surface area contributed by atoms with Crippen molar-refractivity contribution in [2.24, 2.45) is 0 Å². The Balaban J connectivity index is 2.13. The van der Waals surface area contributed by atoms with Crippen LogP contribution in [0.1, 0.15) is 13.3 Å². The average molecular weight is 239 g/mol. The standard InChI is InChI=1S/C11H14NO3P/c1-2-16(11(13)7-8-14-16)12-9-5-3-4-6-10(9)15-16/h3-6,12H,2,7-8H2,1H3. The van der Waals surface area contributed by atoms with Gasteiger partial charge in [0.05, 0.1) is 0 Å². The monoisotopic (exact) mass is 239 g/mol. The predicted molar refractivity (Wildman–Crippen MR) is 63.7 cm³/mol. The van der Waals surface area contributed by atoms with Gasteiger partial charge in [-0.2, -0.15) is 0 Å². The number of para-hydroxylation sites is 2. The predicted octanol–water partition coefficient (Wildman–Crippen LogP) is 2.76. The number of hydrogen-bond acceptors (Lipinski definition) is 4. The zero-order chi connectivity index (χ0) is 11.3. The molecule has 4 nitrogen and oxygen atoms in total. The zero-order valence-corrected chi connectivity index (χ0v) is 10.00. The van der Waals surface area contributed by atoms with E-state index in [4.69, 9.17) is 9.05 Å². The van der Waals surface area contributed by atoms with E-state index in [9.17, 15) is 4.79 Å². The molecule has 1 fully saturated rings. The van der Waals surface area contributed by atoms with E-state index in [0.29, 0.717) is 19.2 Å². The van der Waals surface area contributed by atoms with Crippen LogP contribution in [-0.2, 0) is 9.32 Å². The molecular weight excluding hydrogens is 225 g/mol. The van der Waals surface area contributed by atoms with Crippen LogP contribution in [0.3, 0.4) is 0 Å². The Morgan fingerprint density at radius 1 is 1.44 bits per heavy atom. The molecule has 0 aliphatic carbocycles. The summed E-state index contributed by atoms with van der Waals surface area (Å²) in [5.41, 5.74) is 0.974. The van der Waals surface area contributed by atoms with Crippen molar-refractivity contribution in [2.45, 2.75) is 13.3 Å². The molecular formula is C11H14NO3P. The molecule has 2 aliphatic rings. The summed E-state index contributed by atoms with van der Waals surface area (Å²) in [6.45, 7) is 2.41. The van der Waals surface area contributed by atoms with E-state index in [0.717, 1.165) is 11.4 Å². The second kappa shape index (κ2) is 2.96. The third kappa shape index (κ3) is 1.04. The van der Waals surface area contributed by atoms with Crippen LogP contribution < -0.4 is 9.61 Å². The van der Waals surface area contributed by atoms with Gasteiger partial charge in [-0.1, -0.05) is 0 Å². The number of anilines is 1. The minimum atomic E-state index is -3.27. The summed E-state index contributed by atoms with van der Waals surface area (Å²) in [7, 11) is -3.27. The van der Waals surface area contributed by atoms with E-state index in [2.05, 4.69) is 5.09 Å². The number of rotatable bonds is 1. The quantitative estimate of drug-likeness (QED) is 0.765. The number of hydrogen-bond donors (Lipinski definition) is 1. The molecule has 0 radical (unpaired) electrons. The fraction of sp³-hybridized carbons (Fsp3) is 0.364. The summed E-state index contributed by atoms with van der Waals surface area (Å²) < 4.78 is 11.7. The van der Waals surface area contributed by atoms with Gasteiger partial charge in [0.1, 0.15) is 0 Å². The summed E-state index contributed by atoms with van der Waals surface area (Å²) in [5, 5.41) is 3.26. The first-order valence-corrected chi connectivity index (χ1v) is 7.72. The van der Waals surface area contributed by atoms with E-state index in [1.54, 1.807) is 0 Å². The van der Waals surface area contributed by atoms with E-state index < -0.39 is 7.21 Å². The van der Waals surface area contributed by atoms with E-state index in [-0.39, 0.29) is 5.52 Å². The van der Waals surface area contributed by atoms with Gasteiger partial charge in [-0.05, 0) is 0 Å². The fourth-order valence-electron chi connectivity index (χ4n) is 2.32. The summed E-state index contributed by atoms with van der Waals surface area (Å²) in [4.78, 5) is 12.2. The third-order valence-electron chi connectivity index (χ3n) is 3.28. The molecule has 0 bridgehead atoms. The Morgan fingerprint density at radius 2 is 2.25 bits per heavy atom. The molecule has 1 N–H and O–H groups in total. The number of carbonyl (C=O) groups excluding carboxylic acids is 1. The van der Waals surface area contributed by atoms with Crippen LogP contribution in [0.5, 0.6) is 5.75 Å². The zero-order valence-electron chi connectivity index (χ0n) is 9.10. The molecule has 1 aromatic carbocycles.